The monoisotopic (exact) mass is 312 g/mol. The lowest BCUT2D eigenvalue weighted by atomic mass is 10.1. The summed E-state index contributed by atoms with van der Waals surface area (Å²) < 4.78 is 28.9. The van der Waals surface area contributed by atoms with Gasteiger partial charge in [-0.05, 0) is 17.7 Å². The van der Waals surface area contributed by atoms with Crippen LogP contribution in [0.4, 0.5) is 0 Å². The largest absolute Gasteiger partial charge is 0.365 e. The molecular formula is C13H16N2O5S. The van der Waals surface area contributed by atoms with Crippen LogP contribution in [0.15, 0.2) is 44.7 Å². The molecule has 0 saturated heterocycles. The Labute approximate surface area is 122 Å². The van der Waals surface area contributed by atoms with Gasteiger partial charge in [0.1, 0.15) is 6.67 Å². The summed E-state index contributed by atoms with van der Waals surface area (Å²) in [6.45, 7) is 1.40. The Morgan fingerprint density at radius 1 is 1.33 bits per heavy atom. The molecule has 0 atom stereocenters. The minimum Gasteiger partial charge on any atom is -0.336 e. The Bertz CT molecular complexity index is 821. The fraction of sp³-hybridized carbons (Fsp3) is 0.231. The number of rotatable bonds is 4. The maximum Gasteiger partial charge on any atom is 0.365 e. The normalized spacial score (nSPS) is 11.3. The molecule has 1 N–H and O–H groups in total. The molecule has 0 aliphatic carbocycles. The standard InChI is InChI=1S/C13H14N2O5S.H2/c1-9(16)14-8-15-7-12(13(17)20-15)10-3-5-11(6-4-10)21(2,18)19;/h3-7H,8H2,1-2H3,(H,14,16);1H. The molecule has 21 heavy (non-hydrogen) atoms. The van der Waals surface area contributed by atoms with E-state index in [0.29, 0.717) is 11.1 Å². The molecule has 7 nitrogen and oxygen atoms in total. The summed E-state index contributed by atoms with van der Waals surface area (Å²) in [4.78, 5) is 22.7. The topological polar surface area (TPSA) is 98.4 Å². The van der Waals surface area contributed by atoms with Crippen molar-refractivity contribution in [2.75, 3.05) is 6.26 Å². The van der Waals surface area contributed by atoms with Crippen LogP contribution in [-0.2, 0) is 21.3 Å². The van der Waals surface area contributed by atoms with Crippen molar-refractivity contribution in [3.63, 3.8) is 0 Å². The fourth-order valence-corrected chi connectivity index (χ4v) is 2.35. The predicted octanol–water partition coefficient (Wildman–Crippen LogP) is 0.851. The highest BCUT2D eigenvalue weighted by molar-refractivity contribution is 7.90. The highest BCUT2D eigenvalue weighted by Gasteiger charge is 2.11. The van der Waals surface area contributed by atoms with Crippen molar-refractivity contribution >= 4 is 15.7 Å². The van der Waals surface area contributed by atoms with Gasteiger partial charge in [0.05, 0.1) is 16.7 Å². The fourth-order valence-electron chi connectivity index (χ4n) is 1.72. The van der Waals surface area contributed by atoms with Gasteiger partial charge in [0.2, 0.25) is 5.91 Å². The van der Waals surface area contributed by atoms with Gasteiger partial charge in [-0.2, -0.15) is 4.74 Å². The van der Waals surface area contributed by atoms with E-state index in [-0.39, 0.29) is 18.9 Å². The Morgan fingerprint density at radius 2 is 1.95 bits per heavy atom. The minimum atomic E-state index is -3.28. The zero-order chi connectivity index (χ0) is 15.6. The predicted molar refractivity (Wildman–Crippen MR) is 77.4 cm³/mol. The molecule has 114 valence electrons. The summed E-state index contributed by atoms with van der Waals surface area (Å²) in [5.74, 6) is -0.245. The molecule has 2 aromatic rings. The maximum atomic E-state index is 11.7. The highest BCUT2D eigenvalue weighted by atomic mass is 32.2. The molecule has 0 radical (unpaired) electrons. The Hall–Kier alpha value is -2.35. The van der Waals surface area contributed by atoms with E-state index in [9.17, 15) is 18.0 Å². The van der Waals surface area contributed by atoms with Crippen molar-refractivity contribution in [3.05, 3.63) is 40.9 Å². The summed E-state index contributed by atoms with van der Waals surface area (Å²) in [6, 6.07) is 5.92. The van der Waals surface area contributed by atoms with Crippen LogP contribution in [0.3, 0.4) is 0 Å². The molecule has 1 aromatic carbocycles. The number of sulfone groups is 1. The van der Waals surface area contributed by atoms with Crippen LogP contribution in [0.25, 0.3) is 11.1 Å². The number of carbonyl (C=O) groups is 1. The Morgan fingerprint density at radius 3 is 2.48 bits per heavy atom. The van der Waals surface area contributed by atoms with E-state index in [1.165, 1.54) is 42.1 Å². The minimum absolute atomic E-state index is 0. The number of nitrogens with zero attached hydrogens (tertiary/aromatic N) is 1. The van der Waals surface area contributed by atoms with E-state index in [1.807, 2.05) is 0 Å². The quantitative estimate of drug-likeness (QED) is 0.902. The smallest absolute Gasteiger partial charge is 0.336 e. The molecule has 2 rings (SSSR count). The number of aromatic nitrogens is 1. The van der Waals surface area contributed by atoms with E-state index < -0.39 is 15.5 Å². The average molecular weight is 312 g/mol. The summed E-state index contributed by atoms with van der Waals surface area (Å²) in [7, 11) is -3.28. The van der Waals surface area contributed by atoms with Gasteiger partial charge in [-0.15, -0.1) is 0 Å². The summed E-state index contributed by atoms with van der Waals surface area (Å²) in [5, 5.41) is 2.49. The third kappa shape index (κ3) is 3.60. The first-order valence-corrected chi connectivity index (χ1v) is 7.92. The molecule has 1 amide bonds. The number of nitrogens with one attached hydrogen (secondary N) is 1. The van der Waals surface area contributed by atoms with Crippen molar-refractivity contribution in [2.24, 2.45) is 0 Å². The second-order valence-corrected chi connectivity index (χ2v) is 6.54. The zero-order valence-corrected chi connectivity index (χ0v) is 12.3. The number of hydrogen-bond acceptors (Lipinski definition) is 5. The van der Waals surface area contributed by atoms with Crippen LogP contribution >= 0.6 is 0 Å². The van der Waals surface area contributed by atoms with Crippen molar-refractivity contribution in [2.45, 2.75) is 18.5 Å². The van der Waals surface area contributed by atoms with Crippen molar-refractivity contribution in [3.8, 4) is 11.1 Å². The van der Waals surface area contributed by atoms with Crippen molar-refractivity contribution < 1.29 is 19.2 Å². The van der Waals surface area contributed by atoms with Gasteiger partial charge < -0.3 is 9.84 Å². The van der Waals surface area contributed by atoms with Crippen molar-refractivity contribution in [1.29, 1.82) is 0 Å². The number of carbonyl (C=O) groups excluding carboxylic acids is 1. The molecule has 0 bridgehead atoms. The first-order valence-electron chi connectivity index (χ1n) is 6.03. The number of hydrogen-bond donors (Lipinski definition) is 1. The lowest BCUT2D eigenvalue weighted by Crippen LogP contribution is -2.22. The van der Waals surface area contributed by atoms with Crippen molar-refractivity contribution in [1.82, 2.24) is 10.1 Å². The molecule has 0 fully saturated rings. The first kappa shape index (κ1) is 15.0. The Balaban J connectivity index is 0.00000242. The molecule has 1 aromatic heterocycles. The molecule has 0 aliphatic heterocycles. The van der Waals surface area contributed by atoms with Gasteiger partial charge in [-0.1, -0.05) is 12.1 Å². The molecular weight excluding hydrogens is 296 g/mol. The molecule has 8 heteroatoms. The summed E-state index contributed by atoms with van der Waals surface area (Å²) >= 11 is 0. The molecule has 0 unspecified atom stereocenters. The lowest BCUT2D eigenvalue weighted by molar-refractivity contribution is -0.119. The second kappa shape index (κ2) is 5.57. The van der Waals surface area contributed by atoms with Gasteiger partial charge in [-0.25, -0.2) is 13.2 Å². The van der Waals surface area contributed by atoms with Crippen LogP contribution in [0.2, 0.25) is 0 Å². The van der Waals surface area contributed by atoms with E-state index in [1.54, 1.807) is 0 Å². The van der Waals surface area contributed by atoms with Crippen LogP contribution in [0.1, 0.15) is 8.35 Å². The van der Waals surface area contributed by atoms with Gasteiger partial charge in [0.25, 0.3) is 0 Å². The van der Waals surface area contributed by atoms with Gasteiger partial charge in [0, 0.05) is 14.6 Å². The molecule has 0 aliphatic rings. The third-order valence-electron chi connectivity index (χ3n) is 2.77. The third-order valence-corrected chi connectivity index (χ3v) is 3.90. The number of amides is 1. The Kier molecular flexibility index (Phi) is 3.99. The van der Waals surface area contributed by atoms with Gasteiger partial charge in [-0.3, -0.25) is 4.79 Å². The van der Waals surface area contributed by atoms with Gasteiger partial charge >= 0.3 is 5.63 Å². The zero-order valence-electron chi connectivity index (χ0n) is 11.5. The average Bonchev–Trinajstić information content (AvgIpc) is 2.77. The van der Waals surface area contributed by atoms with E-state index in [2.05, 4.69) is 5.32 Å². The second-order valence-electron chi connectivity index (χ2n) is 4.53. The first-order chi connectivity index (χ1) is 9.77. The molecule has 0 saturated carbocycles. The van der Waals surface area contributed by atoms with E-state index >= 15 is 0 Å². The molecule has 0 spiro atoms. The van der Waals surface area contributed by atoms with E-state index in [4.69, 9.17) is 4.52 Å². The van der Waals surface area contributed by atoms with Crippen LogP contribution < -0.4 is 10.9 Å². The highest BCUT2D eigenvalue weighted by Crippen LogP contribution is 2.18. The van der Waals surface area contributed by atoms with E-state index in [0.717, 1.165) is 6.26 Å². The lowest BCUT2D eigenvalue weighted by Gasteiger charge is -2.00. The SMILES string of the molecule is CC(=O)NCn1cc(-c2ccc(S(C)(=O)=O)cc2)c(=O)o1.[HH]. The summed E-state index contributed by atoms with van der Waals surface area (Å²) in [6.07, 6.45) is 2.56. The van der Waals surface area contributed by atoms with Crippen LogP contribution in [0.5, 0.6) is 0 Å². The summed E-state index contributed by atoms with van der Waals surface area (Å²) in [5.41, 5.74) is 0.269. The van der Waals surface area contributed by atoms with Crippen LogP contribution in [0, 0.1) is 0 Å². The maximum absolute atomic E-state index is 11.7. The molecule has 1 heterocycles. The van der Waals surface area contributed by atoms with Gasteiger partial charge in [0.15, 0.2) is 9.84 Å². The van der Waals surface area contributed by atoms with Crippen LogP contribution in [-0.4, -0.2) is 25.3 Å². The number of benzene rings is 1.